The molecule has 1 saturated carbocycles. The SMILES string of the molecule is CCC(C)(C)n1nnnc1C(c1cc2ccc(OC)cc2[nH]c1=O)N(C)C1CCCCC1. The zero-order valence-electron chi connectivity index (χ0n) is 19.8. The van der Waals surface area contributed by atoms with E-state index in [4.69, 9.17) is 4.74 Å². The molecule has 0 spiro atoms. The molecule has 0 amide bonds. The van der Waals surface area contributed by atoms with Gasteiger partial charge < -0.3 is 9.72 Å². The van der Waals surface area contributed by atoms with Crippen LogP contribution in [0.4, 0.5) is 0 Å². The molecule has 1 aromatic carbocycles. The summed E-state index contributed by atoms with van der Waals surface area (Å²) in [6.07, 6.45) is 6.80. The Bertz CT molecular complexity index is 1130. The number of H-pyrrole nitrogens is 1. The number of tetrazole rings is 1. The molecule has 2 aromatic heterocycles. The number of benzene rings is 1. The van der Waals surface area contributed by atoms with Crippen LogP contribution in [0.3, 0.4) is 0 Å². The fourth-order valence-electron chi connectivity index (χ4n) is 4.71. The molecule has 2 heterocycles. The van der Waals surface area contributed by atoms with Crippen molar-refractivity contribution in [2.75, 3.05) is 14.2 Å². The van der Waals surface area contributed by atoms with Crippen LogP contribution in [-0.4, -0.2) is 50.3 Å². The molecule has 1 aliphatic rings. The number of nitrogens with one attached hydrogen (secondary N) is 1. The second-order valence-corrected chi connectivity index (χ2v) is 9.48. The Hall–Kier alpha value is -2.74. The van der Waals surface area contributed by atoms with Crippen LogP contribution in [0.1, 0.15) is 76.7 Å². The lowest BCUT2D eigenvalue weighted by Gasteiger charge is -2.37. The number of ether oxygens (including phenoxy) is 1. The van der Waals surface area contributed by atoms with E-state index in [1.54, 1.807) is 7.11 Å². The molecule has 3 aromatic rings. The van der Waals surface area contributed by atoms with E-state index in [0.717, 1.165) is 30.2 Å². The predicted molar refractivity (Wildman–Crippen MR) is 125 cm³/mol. The lowest BCUT2D eigenvalue weighted by molar-refractivity contribution is 0.142. The highest BCUT2D eigenvalue weighted by atomic mass is 16.5. The van der Waals surface area contributed by atoms with Crippen molar-refractivity contribution >= 4 is 10.9 Å². The van der Waals surface area contributed by atoms with Crippen LogP contribution in [0.25, 0.3) is 10.9 Å². The Morgan fingerprint density at radius 1 is 1.25 bits per heavy atom. The molecule has 1 N–H and O–H groups in total. The second kappa shape index (κ2) is 9.02. The molecular weight excluding hydrogens is 404 g/mol. The number of hydrogen-bond donors (Lipinski definition) is 1. The van der Waals surface area contributed by atoms with E-state index in [0.29, 0.717) is 23.2 Å². The molecular formula is C24H34N6O2. The van der Waals surface area contributed by atoms with Gasteiger partial charge in [0.2, 0.25) is 0 Å². The number of methoxy groups -OCH3 is 1. The maximum atomic E-state index is 13.4. The minimum atomic E-state index is -0.339. The highest BCUT2D eigenvalue weighted by molar-refractivity contribution is 5.80. The van der Waals surface area contributed by atoms with Gasteiger partial charge in [-0.25, -0.2) is 4.68 Å². The Morgan fingerprint density at radius 3 is 2.69 bits per heavy atom. The monoisotopic (exact) mass is 438 g/mol. The van der Waals surface area contributed by atoms with Crippen LogP contribution in [0.15, 0.2) is 29.1 Å². The van der Waals surface area contributed by atoms with E-state index in [1.165, 1.54) is 19.3 Å². The topological polar surface area (TPSA) is 88.9 Å². The highest BCUT2D eigenvalue weighted by Crippen LogP contribution is 2.34. The van der Waals surface area contributed by atoms with Crippen molar-refractivity contribution in [1.29, 1.82) is 0 Å². The molecule has 8 heteroatoms. The normalized spacial score (nSPS) is 16.6. The number of pyridine rings is 1. The molecule has 8 nitrogen and oxygen atoms in total. The minimum absolute atomic E-state index is 0.123. The van der Waals surface area contributed by atoms with Gasteiger partial charge in [0.25, 0.3) is 5.56 Å². The van der Waals surface area contributed by atoms with E-state index in [1.807, 2.05) is 28.9 Å². The third-order valence-corrected chi connectivity index (χ3v) is 7.11. The van der Waals surface area contributed by atoms with Gasteiger partial charge >= 0.3 is 0 Å². The zero-order chi connectivity index (χ0) is 22.9. The third kappa shape index (κ3) is 4.16. The summed E-state index contributed by atoms with van der Waals surface area (Å²) in [6, 6.07) is 7.77. The van der Waals surface area contributed by atoms with Gasteiger partial charge in [-0.15, -0.1) is 5.10 Å². The maximum Gasteiger partial charge on any atom is 0.253 e. The van der Waals surface area contributed by atoms with Gasteiger partial charge in [-0.1, -0.05) is 26.2 Å². The highest BCUT2D eigenvalue weighted by Gasteiger charge is 2.35. The fourth-order valence-corrected chi connectivity index (χ4v) is 4.71. The number of rotatable bonds is 7. The lowest BCUT2D eigenvalue weighted by Crippen LogP contribution is -2.42. The first-order valence-electron chi connectivity index (χ1n) is 11.6. The average molecular weight is 439 g/mol. The summed E-state index contributed by atoms with van der Waals surface area (Å²) in [6.45, 7) is 6.38. The van der Waals surface area contributed by atoms with Crippen LogP contribution in [0.5, 0.6) is 5.75 Å². The third-order valence-electron chi connectivity index (χ3n) is 7.11. The fraction of sp³-hybridized carbons (Fsp3) is 0.583. The van der Waals surface area contributed by atoms with E-state index >= 15 is 0 Å². The lowest BCUT2D eigenvalue weighted by atomic mass is 9.91. The number of hydrogen-bond acceptors (Lipinski definition) is 6. The minimum Gasteiger partial charge on any atom is -0.497 e. The summed E-state index contributed by atoms with van der Waals surface area (Å²) in [4.78, 5) is 18.8. The van der Waals surface area contributed by atoms with Gasteiger partial charge in [0.05, 0.1) is 18.2 Å². The molecule has 0 radical (unpaired) electrons. The van der Waals surface area contributed by atoms with Crippen LogP contribution < -0.4 is 10.3 Å². The van der Waals surface area contributed by atoms with Gasteiger partial charge in [-0.2, -0.15) is 0 Å². The van der Waals surface area contributed by atoms with E-state index < -0.39 is 0 Å². The number of aromatic amines is 1. The molecule has 0 bridgehead atoms. The maximum absolute atomic E-state index is 13.4. The van der Waals surface area contributed by atoms with Crippen LogP contribution in [0.2, 0.25) is 0 Å². The molecule has 1 aliphatic carbocycles. The molecule has 0 aliphatic heterocycles. The standard InChI is InChI=1S/C24H34N6O2/c1-6-24(2,3)30-22(26-27-28-30)21(29(4)17-10-8-7-9-11-17)19-14-16-12-13-18(32-5)15-20(16)25-23(19)31/h12-15,17,21H,6-11H2,1-5H3,(H,25,31). The van der Waals surface area contributed by atoms with E-state index in [2.05, 4.69) is 53.2 Å². The number of aromatic nitrogens is 5. The first-order valence-corrected chi connectivity index (χ1v) is 11.6. The Labute approximate surface area is 189 Å². The second-order valence-electron chi connectivity index (χ2n) is 9.48. The molecule has 0 saturated heterocycles. The molecule has 1 unspecified atom stereocenters. The van der Waals surface area contributed by atoms with Gasteiger partial charge in [0, 0.05) is 17.7 Å². The quantitative estimate of drug-likeness (QED) is 0.599. The summed E-state index contributed by atoms with van der Waals surface area (Å²) in [5.74, 6) is 1.42. The van der Waals surface area contributed by atoms with Crippen molar-refractivity contribution in [2.45, 2.75) is 76.9 Å². The first-order chi connectivity index (χ1) is 15.4. The Balaban J connectivity index is 1.88. The van der Waals surface area contributed by atoms with Crippen molar-refractivity contribution in [2.24, 2.45) is 0 Å². The van der Waals surface area contributed by atoms with Gasteiger partial charge in [-0.3, -0.25) is 9.69 Å². The molecule has 32 heavy (non-hydrogen) atoms. The Morgan fingerprint density at radius 2 is 2.00 bits per heavy atom. The summed E-state index contributed by atoms with van der Waals surface area (Å²) < 4.78 is 7.22. The molecule has 172 valence electrons. The van der Waals surface area contributed by atoms with Crippen molar-refractivity contribution in [3.05, 3.63) is 46.0 Å². The zero-order valence-corrected chi connectivity index (χ0v) is 19.8. The average Bonchev–Trinajstić information content (AvgIpc) is 3.30. The van der Waals surface area contributed by atoms with Crippen molar-refractivity contribution in [3.63, 3.8) is 0 Å². The van der Waals surface area contributed by atoms with E-state index in [-0.39, 0.29) is 17.1 Å². The van der Waals surface area contributed by atoms with Gasteiger partial charge in [0.1, 0.15) is 11.8 Å². The smallest absolute Gasteiger partial charge is 0.253 e. The summed E-state index contributed by atoms with van der Waals surface area (Å²) in [5.41, 5.74) is 1.04. The van der Waals surface area contributed by atoms with Gasteiger partial charge in [-0.05, 0) is 74.2 Å². The molecule has 4 rings (SSSR count). The van der Waals surface area contributed by atoms with Crippen molar-refractivity contribution in [3.8, 4) is 5.75 Å². The summed E-state index contributed by atoms with van der Waals surface area (Å²) in [7, 11) is 3.73. The first kappa shape index (κ1) is 22.5. The summed E-state index contributed by atoms with van der Waals surface area (Å²) in [5, 5.41) is 13.8. The molecule has 1 fully saturated rings. The number of nitrogens with zero attached hydrogens (tertiary/aromatic N) is 5. The van der Waals surface area contributed by atoms with Crippen LogP contribution in [-0.2, 0) is 5.54 Å². The predicted octanol–water partition coefficient (Wildman–Crippen LogP) is 4.02. The molecule has 1 atom stereocenters. The number of fused-ring (bicyclic) bond motifs is 1. The van der Waals surface area contributed by atoms with Crippen molar-refractivity contribution < 1.29 is 4.74 Å². The van der Waals surface area contributed by atoms with Crippen LogP contribution >= 0.6 is 0 Å². The Kier molecular flexibility index (Phi) is 6.33. The largest absolute Gasteiger partial charge is 0.497 e. The van der Waals surface area contributed by atoms with Crippen LogP contribution in [0, 0.1) is 0 Å². The summed E-state index contributed by atoms with van der Waals surface area (Å²) >= 11 is 0. The van der Waals surface area contributed by atoms with Crippen molar-refractivity contribution in [1.82, 2.24) is 30.1 Å². The van der Waals surface area contributed by atoms with E-state index in [9.17, 15) is 4.79 Å². The van der Waals surface area contributed by atoms with Gasteiger partial charge in [0.15, 0.2) is 5.82 Å².